The first-order valence-electron chi connectivity index (χ1n) is 6.89. The highest BCUT2D eigenvalue weighted by Crippen LogP contribution is 2.02. The molecule has 2 N–H and O–H groups in total. The third-order valence-corrected chi connectivity index (χ3v) is 2.60. The summed E-state index contributed by atoms with van der Waals surface area (Å²) >= 11 is 0. The quantitative estimate of drug-likeness (QED) is 0.460. The summed E-state index contributed by atoms with van der Waals surface area (Å²) in [6, 6.07) is 10.0. The molecule has 0 aliphatic heterocycles. The molecule has 1 aromatic carbocycles. The highest BCUT2D eigenvalue weighted by molar-refractivity contribution is 5.88. The second-order valence-electron chi connectivity index (χ2n) is 4.33. The molecule has 4 heteroatoms. The predicted molar refractivity (Wildman–Crippen MR) is 84.6 cm³/mol. The third-order valence-electron chi connectivity index (χ3n) is 2.60. The summed E-state index contributed by atoms with van der Waals surface area (Å²) in [5.41, 5.74) is 1.08. The maximum Gasteiger partial charge on any atom is 0.336 e. The van der Waals surface area contributed by atoms with Crippen LogP contribution >= 0.6 is 0 Å². The Morgan fingerprint density at radius 1 is 1.38 bits per heavy atom. The summed E-state index contributed by atoms with van der Waals surface area (Å²) in [4.78, 5) is 11.0. The van der Waals surface area contributed by atoms with Crippen LogP contribution in [0.1, 0.15) is 25.3 Å². The topological polar surface area (TPSA) is 66.8 Å². The Balaban J connectivity index is 0.000000423. The maximum absolute atomic E-state index is 11.0. The molecule has 0 bridgehead atoms. The van der Waals surface area contributed by atoms with Gasteiger partial charge in [-0.25, -0.2) is 4.79 Å². The Hall–Kier alpha value is -1.91. The van der Waals surface area contributed by atoms with Crippen molar-refractivity contribution in [3.05, 3.63) is 54.6 Å². The minimum atomic E-state index is -1.21. The zero-order chi connectivity index (χ0) is 16.1. The van der Waals surface area contributed by atoms with Crippen LogP contribution < -0.4 is 0 Å². The van der Waals surface area contributed by atoms with Gasteiger partial charge in [0, 0.05) is 0 Å². The molecule has 21 heavy (non-hydrogen) atoms. The highest BCUT2D eigenvalue weighted by Gasteiger charge is 2.16. The lowest BCUT2D eigenvalue weighted by Gasteiger charge is -2.09. The molecule has 0 amide bonds. The summed E-state index contributed by atoms with van der Waals surface area (Å²) in [6.45, 7) is 8.74. The van der Waals surface area contributed by atoms with Gasteiger partial charge in [-0.3, -0.25) is 0 Å². The van der Waals surface area contributed by atoms with Gasteiger partial charge in [0.15, 0.2) is 0 Å². The van der Waals surface area contributed by atoms with E-state index in [2.05, 4.69) is 13.2 Å². The maximum atomic E-state index is 11.0. The average Bonchev–Trinajstić information content (AvgIpc) is 2.54. The largest absolute Gasteiger partial charge is 0.462 e. The van der Waals surface area contributed by atoms with Crippen molar-refractivity contribution in [2.45, 2.75) is 25.9 Å². The minimum absolute atomic E-state index is 0.0985. The van der Waals surface area contributed by atoms with E-state index in [0.29, 0.717) is 6.61 Å². The molecule has 0 heterocycles. The van der Waals surface area contributed by atoms with Crippen LogP contribution in [0.4, 0.5) is 0 Å². The molecule has 4 nitrogen and oxygen atoms in total. The molecule has 0 aliphatic rings. The summed E-state index contributed by atoms with van der Waals surface area (Å²) in [7, 11) is 0. The fourth-order valence-corrected chi connectivity index (χ4v) is 1.24. The predicted octanol–water partition coefficient (Wildman–Crippen LogP) is 2.57. The fraction of sp³-hybridized carbons (Fsp3) is 0.353. The SMILES string of the molecule is C=C(C(=O)OCCCC)C(O)CO.C=Cc1ccccc1. The number of hydrogen-bond acceptors (Lipinski definition) is 4. The summed E-state index contributed by atoms with van der Waals surface area (Å²) < 4.78 is 4.76. The van der Waals surface area contributed by atoms with Gasteiger partial charge in [0.25, 0.3) is 0 Å². The van der Waals surface area contributed by atoms with Gasteiger partial charge in [-0.1, -0.05) is 62.9 Å². The monoisotopic (exact) mass is 292 g/mol. The van der Waals surface area contributed by atoms with Crippen molar-refractivity contribution in [3.63, 3.8) is 0 Å². The van der Waals surface area contributed by atoms with Crippen molar-refractivity contribution in [2.24, 2.45) is 0 Å². The lowest BCUT2D eigenvalue weighted by atomic mass is 10.2. The van der Waals surface area contributed by atoms with E-state index in [1.54, 1.807) is 0 Å². The first kappa shape index (κ1) is 19.1. The molecule has 0 aliphatic carbocycles. The van der Waals surface area contributed by atoms with E-state index in [4.69, 9.17) is 14.9 Å². The molecule has 1 unspecified atom stereocenters. The smallest absolute Gasteiger partial charge is 0.336 e. The minimum Gasteiger partial charge on any atom is -0.462 e. The second-order valence-corrected chi connectivity index (χ2v) is 4.33. The van der Waals surface area contributed by atoms with Crippen molar-refractivity contribution in [1.82, 2.24) is 0 Å². The number of hydrogen-bond donors (Lipinski definition) is 2. The van der Waals surface area contributed by atoms with Crippen LogP contribution in [0, 0.1) is 0 Å². The lowest BCUT2D eigenvalue weighted by molar-refractivity contribution is -0.140. The van der Waals surface area contributed by atoms with Gasteiger partial charge in [-0.15, -0.1) is 0 Å². The zero-order valence-corrected chi connectivity index (χ0v) is 12.5. The molecule has 116 valence electrons. The number of unbranched alkanes of at least 4 members (excludes halogenated alkanes) is 1. The van der Waals surface area contributed by atoms with E-state index in [0.717, 1.165) is 12.8 Å². The Bertz CT molecular complexity index is 426. The normalized spacial score (nSPS) is 10.8. The van der Waals surface area contributed by atoms with Crippen molar-refractivity contribution in [1.29, 1.82) is 0 Å². The van der Waals surface area contributed by atoms with Crippen molar-refractivity contribution in [2.75, 3.05) is 13.2 Å². The molecule has 0 spiro atoms. The van der Waals surface area contributed by atoms with Crippen LogP contribution in [0.25, 0.3) is 6.08 Å². The van der Waals surface area contributed by atoms with Crippen molar-refractivity contribution in [3.8, 4) is 0 Å². The van der Waals surface area contributed by atoms with E-state index < -0.39 is 18.7 Å². The molecule has 0 saturated heterocycles. The van der Waals surface area contributed by atoms with E-state index in [-0.39, 0.29) is 5.57 Å². The van der Waals surface area contributed by atoms with Gasteiger partial charge in [0.2, 0.25) is 0 Å². The van der Waals surface area contributed by atoms with Crippen molar-refractivity contribution < 1.29 is 19.7 Å². The molecule has 0 fully saturated rings. The van der Waals surface area contributed by atoms with Crippen molar-refractivity contribution >= 4 is 12.0 Å². The van der Waals surface area contributed by atoms with E-state index in [9.17, 15) is 4.79 Å². The highest BCUT2D eigenvalue weighted by atomic mass is 16.5. The number of carbonyl (C=O) groups is 1. The third kappa shape index (κ3) is 8.78. The average molecular weight is 292 g/mol. The number of benzene rings is 1. The van der Waals surface area contributed by atoms with Gasteiger partial charge < -0.3 is 14.9 Å². The van der Waals surface area contributed by atoms with Crippen LogP contribution in [0.3, 0.4) is 0 Å². The molecule has 0 saturated carbocycles. The van der Waals surface area contributed by atoms with Crippen LogP contribution in [0.5, 0.6) is 0 Å². The van der Waals surface area contributed by atoms with Gasteiger partial charge in [0.05, 0.1) is 18.8 Å². The van der Waals surface area contributed by atoms with Gasteiger partial charge in [-0.2, -0.15) is 0 Å². The van der Waals surface area contributed by atoms with E-state index in [1.807, 2.05) is 43.3 Å². The second kappa shape index (κ2) is 11.9. The molecular formula is C17H24O4. The van der Waals surface area contributed by atoms with E-state index >= 15 is 0 Å². The number of aliphatic hydroxyl groups is 2. The molecule has 0 aromatic heterocycles. The first-order chi connectivity index (χ1) is 10.1. The number of rotatable bonds is 7. The first-order valence-corrected chi connectivity index (χ1v) is 6.89. The molecule has 0 radical (unpaired) electrons. The number of ether oxygens (including phenoxy) is 1. The summed E-state index contributed by atoms with van der Waals surface area (Å²) in [6.07, 6.45) is 2.34. The van der Waals surface area contributed by atoms with Crippen LogP contribution in [-0.4, -0.2) is 35.5 Å². The standard InChI is InChI=1S/C9H16O4.C8H8/c1-3-4-5-13-9(12)7(2)8(11)6-10;1-2-8-6-4-3-5-7-8/h8,10-11H,2-6H2,1H3;2-7H,1H2. The van der Waals surface area contributed by atoms with Crippen LogP contribution in [-0.2, 0) is 9.53 Å². The number of esters is 1. The van der Waals surface area contributed by atoms with Gasteiger partial charge in [-0.05, 0) is 12.0 Å². The van der Waals surface area contributed by atoms with E-state index in [1.165, 1.54) is 5.56 Å². The zero-order valence-electron chi connectivity index (χ0n) is 12.5. The molecular weight excluding hydrogens is 268 g/mol. The Morgan fingerprint density at radius 3 is 2.43 bits per heavy atom. The summed E-state index contributed by atoms with van der Waals surface area (Å²) in [5, 5.41) is 17.5. The molecule has 1 atom stereocenters. The molecule has 1 rings (SSSR count). The lowest BCUT2D eigenvalue weighted by Crippen LogP contribution is -2.22. The van der Waals surface area contributed by atoms with Crippen LogP contribution in [0.2, 0.25) is 0 Å². The Labute approximate surface area is 126 Å². The molecule has 1 aromatic rings. The van der Waals surface area contributed by atoms with Gasteiger partial charge in [0.1, 0.15) is 6.10 Å². The Morgan fingerprint density at radius 2 is 2.00 bits per heavy atom. The van der Waals surface area contributed by atoms with Crippen LogP contribution in [0.15, 0.2) is 49.1 Å². The Kier molecular flexibility index (Phi) is 10.8. The fourth-order valence-electron chi connectivity index (χ4n) is 1.24. The van der Waals surface area contributed by atoms with Gasteiger partial charge >= 0.3 is 5.97 Å². The number of aliphatic hydroxyl groups excluding tert-OH is 2. The number of carbonyl (C=O) groups excluding carboxylic acids is 1. The summed E-state index contributed by atoms with van der Waals surface area (Å²) in [5.74, 6) is -0.644.